The van der Waals surface area contributed by atoms with Gasteiger partial charge in [0.05, 0.1) is 5.56 Å². The predicted octanol–water partition coefficient (Wildman–Crippen LogP) is 1.84. The molecule has 0 aliphatic carbocycles. The van der Waals surface area contributed by atoms with Gasteiger partial charge in [-0.1, -0.05) is 0 Å². The highest BCUT2D eigenvalue weighted by Gasteiger charge is 2.22. The summed E-state index contributed by atoms with van der Waals surface area (Å²) in [6.45, 7) is 2.67. The van der Waals surface area contributed by atoms with E-state index in [0.29, 0.717) is 13.1 Å². The van der Waals surface area contributed by atoms with Gasteiger partial charge in [-0.05, 0) is 36.8 Å². The molecule has 0 unspecified atom stereocenters. The lowest BCUT2D eigenvalue weighted by Gasteiger charge is -2.21. The lowest BCUT2D eigenvalue weighted by molar-refractivity contribution is 0.0671. The maximum absolute atomic E-state index is 12.5. The Morgan fingerprint density at radius 1 is 1.19 bits per heavy atom. The molecule has 0 saturated heterocycles. The van der Waals surface area contributed by atoms with Crippen LogP contribution in [0.4, 0.5) is 0 Å². The van der Waals surface area contributed by atoms with Crippen molar-refractivity contribution in [2.75, 3.05) is 6.54 Å². The summed E-state index contributed by atoms with van der Waals surface area (Å²) in [7, 11) is 0. The molecule has 21 heavy (non-hydrogen) atoms. The largest absolute Gasteiger partial charge is 0.478 e. The van der Waals surface area contributed by atoms with Gasteiger partial charge in [-0.25, -0.2) is 4.79 Å². The average Bonchev–Trinajstić information content (AvgIpc) is 2.53. The second kappa shape index (κ2) is 6.60. The minimum absolute atomic E-state index is 0.0408. The number of carboxylic acids is 1. The summed E-state index contributed by atoms with van der Waals surface area (Å²) in [5, 5.41) is 9.14. The Kier molecular flexibility index (Phi) is 4.61. The van der Waals surface area contributed by atoms with Gasteiger partial charge in [0, 0.05) is 31.7 Å². The van der Waals surface area contributed by atoms with Gasteiger partial charge in [-0.3, -0.25) is 14.8 Å². The Morgan fingerprint density at radius 3 is 2.52 bits per heavy atom. The number of amides is 1. The first-order valence-corrected chi connectivity index (χ1v) is 6.50. The zero-order chi connectivity index (χ0) is 15.2. The second-order valence-corrected chi connectivity index (χ2v) is 4.38. The van der Waals surface area contributed by atoms with Crippen LogP contribution >= 0.6 is 0 Å². The summed E-state index contributed by atoms with van der Waals surface area (Å²) in [6, 6.07) is 6.50. The van der Waals surface area contributed by atoms with E-state index in [1.54, 1.807) is 17.3 Å². The number of nitrogens with zero attached hydrogens (tertiary/aromatic N) is 3. The summed E-state index contributed by atoms with van der Waals surface area (Å²) in [5.74, 6) is -1.56. The maximum atomic E-state index is 12.5. The molecular formula is C15H15N3O3. The monoisotopic (exact) mass is 285 g/mol. The third-order valence-electron chi connectivity index (χ3n) is 3.03. The molecule has 0 radical (unpaired) electrons. The molecule has 0 saturated carbocycles. The molecule has 0 bridgehead atoms. The summed E-state index contributed by atoms with van der Waals surface area (Å²) in [5.41, 5.74) is 0.796. The summed E-state index contributed by atoms with van der Waals surface area (Å²) in [4.78, 5) is 33.1. The fraction of sp³-hybridized carbons (Fsp3) is 0.200. The number of carboxylic acid groups (broad SMARTS) is 1. The van der Waals surface area contributed by atoms with Crippen LogP contribution in [-0.4, -0.2) is 38.4 Å². The molecule has 1 N–H and O–H groups in total. The highest BCUT2D eigenvalue weighted by Crippen LogP contribution is 2.12. The van der Waals surface area contributed by atoms with Crippen LogP contribution < -0.4 is 0 Å². The molecule has 0 fully saturated rings. The number of carbonyl (C=O) groups is 2. The van der Waals surface area contributed by atoms with Gasteiger partial charge < -0.3 is 10.0 Å². The van der Waals surface area contributed by atoms with Crippen LogP contribution in [0.1, 0.15) is 33.3 Å². The van der Waals surface area contributed by atoms with Crippen molar-refractivity contribution < 1.29 is 14.7 Å². The highest BCUT2D eigenvalue weighted by molar-refractivity contribution is 6.03. The molecule has 2 heterocycles. The van der Waals surface area contributed by atoms with Crippen LogP contribution in [-0.2, 0) is 6.54 Å². The second-order valence-electron chi connectivity index (χ2n) is 4.38. The first-order valence-electron chi connectivity index (χ1n) is 6.50. The molecule has 2 aromatic rings. The Hall–Kier alpha value is -2.76. The molecule has 6 nitrogen and oxygen atoms in total. The Balaban J connectivity index is 2.27. The molecule has 1 amide bonds. The summed E-state index contributed by atoms with van der Waals surface area (Å²) in [6.07, 6.45) is 4.72. The van der Waals surface area contributed by atoms with E-state index in [1.165, 1.54) is 18.3 Å². The molecule has 0 spiro atoms. The maximum Gasteiger partial charge on any atom is 0.338 e. The topological polar surface area (TPSA) is 83.4 Å². The Bertz CT molecular complexity index is 644. The summed E-state index contributed by atoms with van der Waals surface area (Å²) < 4.78 is 0. The van der Waals surface area contributed by atoms with Crippen molar-refractivity contribution in [3.05, 3.63) is 59.7 Å². The third kappa shape index (κ3) is 3.42. The van der Waals surface area contributed by atoms with Crippen molar-refractivity contribution in [2.45, 2.75) is 13.5 Å². The molecule has 0 atom stereocenters. The van der Waals surface area contributed by atoms with Gasteiger partial charge in [-0.15, -0.1) is 0 Å². The van der Waals surface area contributed by atoms with E-state index in [4.69, 9.17) is 5.11 Å². The molecular weight excluding hydrogens is 270 g/mol. The first kappa shape index (κ1) is 14.6. The standard InChI is InChI=1S/C15H15N3O3/c1-2-18(10-11-5-8-16-9-6-11)14(19)13-12(15(20)21)4-3-7-17-13/h3-9H,2,10H2,1H3,(H,20,21). The van der Waals surface area contributed by atoms with Crippen molar-refractivity contribution >= 4 is 11.9 Å². The quantitative estimate of drug-likeness (QED) is 0.906. The van der Waals surface area contributed by atoms with E-state index in [2.05, 4.69) is 9.97 Å². The molecule has 0 aromatic carbocycles. The van der Waals surface area contributed by atoms with Gasteiger partial charge in [0.25, 0.3) is 5.91 Å². The number of carbonyl (C=O) groups excluding carboxylic acids is 1. The van der Waals surface area contributed by atoms with Gasteiger partial charge in [-0.2, -0.15) is 0 Å². The van der Waals surface area contributed by atoms with Crippen LogP contribution in [0.15, 0.2) is 42.9 Å². The fourth-order valence-corrected chi connectivity index (χ4v) is 1.93. The van der Waals surface area contributed by atoms with Gasteiger partial charge in [0.1, 0.15) is 5.69 Å². The van der Waals surface area contributed by atoms with Crippen LogP contribution in [0.25, 0.3) is 0 Å². The van der Waals surface area contributed by atoms with Crippen molar-refractivity contribution in [1.29, 1.82) is 0 Å². The lowest BCUT2D eigenvalue weighted by atomic mass is 10.1. The molecule has 6 heteroatoms. The van der Waals surface area contributed by atoms with E-state index < -0.39 is 11.9 Å². The minimum Gasteiger partial charge on any atom is -0.478 e. The predicted molar refractivity (Wildman–Crippen MR) is 75.8 cm³/mol. The third-order valence-corrected chi connectivity index (χ3v) is 3.03. The minimum atomic E-state index is -1.16. The average molecular weight is 285 g/mol. The van der Waals surface area contributed by atoms with Crippen molar-refractivity contribution in [3.8, 4) is 0 Å². The van der Waals surface area contributed by atoms with Crippen molar-refractivity contribution in [3.63, 3.8) is 0 Å². The number of pyridine rings is 2. The van der Waals surface area contributed by atoms with E-state index in [0.717, 1.165) is 5.56 Å². The van der Waals surface area contributed by atoms with Gasteiger partial charge in [0.15, 0.2) is 0 Å². The summed E-state index contributed by atoms with van der Waals surface area (Å²) >= 11 is 0. The SMILES string of the molecule is CCN(Cc1ccncc1)C(=O)c1ncccc1C(=O)O. The first-order chi connectivity index (χ1) is 10.1. The van der Waals surface area contributed by atoms with Crippen LogP contribution in [0.3, 0.4) is 0 Å². The van der Waals surface area contributed by atoms with E-state index in [9.17, 15) is 9.59 Å². The zero-order valence-electron chi connectivity index (χ0n) is 11.6. The highest BCUT2D eigenvalue weighted by atomic mass is 16.4. The number of hydrogen-bond donors (Lipinski definition) is 1. The Labute approximate surface area is 122 Å². The molecule has 0 aliphatic rings. The smallest absolute Gasteiger partial charge is 0.338 e. The van der Waals surface area contributed by atoms with Gasteiger partial charge in [0.2, 0.25) is 0 Å². The van der Waals surface area contributed by atoms with E-state index in [-0.39, 0.29) is 11.3 Å². The van der Waals surface area contributed by atoms with Crippen LogP contribution in [0, 0.1) is 0 Å². The number of aromatic nitrogens is 2. The number of aromatic carboxylic acids is 1. The number of rotatable bonds is 5. The zero-order valence-corrected chi connectivity index (χ0v) is 11.6. The van der Waals surface area contributed by atoms with Crippen LogP contribution in [0.5, 0.6) is 0 Å². The lowest BCUT2D eigenvalue weighted by Crippen LogP contribution is -2.32. The normalized spacial score (nSPS) is 10.1. The van der Waals surface area contributed by atoms with Crippen molar-refractivity contribution in [2.24, 2.45) is 0 Å². The molecule has 108 valence electrons. The fourth-order valence-electron chi connectivity index (χ4n) is 1.93. The molecule has 2 aromatic heterocycles. The Morgan fingerprint density at radius 2 is 1.90 bits per heavy atom. The van der Waals surface area contributed by atoms with E-state index in [1.807, 2.05) is 19.1 Å². The van der Waals surface area contributed by atoms with Crippen LogP contribution in [0.2, 0.25) is 0 Å². The van der Waals surface area contributed by atoms with Crippen molar-refractivity contribution in [1.82, 2.24) is 14.9 Å². The molecule has 0 aliphatic heterocycles. The molecule has 2 rings (SSSR count). The number of hydrogen-bond acceptors (Lipinski definition) is 4. The van der Waals surface area contributed by atoms with Gasteiger partial charge >= 0.3 is 5.97 Å². The van der Waals surface area contributed by atoms with E-state index >= 15 is 0 Å².